The number of hydrogen-bond donors (Lipinski definition) is 1. The van der Waals surface area contributed by atoms with Crippen LogP contribution in [0.25, 0.3) is 5.57 Å². The van der Waals surface area contributed by atoms with E-state index in [0.29, 0.717) is 49.3 Å². The highest BCUT2D eigenvalue weighted by Gasteiger charge is 2.57. The van der Waals surface area contributed by atoms with Gasteiger partial charge in [0.2, 0.25) is 0 Å². The van der Waals surface area contributed by atoms with E-state index in [4.69, 9.17) is 40.0 Å². The Balaban J connectivity index is 1.14. The van der Waals surface area contributed by atoms with Gasteiger partial charge in [-0.25, -0.2) is 21.6 Å². The second-order valence-corrected chi connectivity index (χ2v) is 27.9. The number of hydrogen-bond acceptors (Lipinski definition) is 20. The lowest BCUT2D eigenvalue weighted by molar-refractivity contribution is -0.253. The number of piperazine rings is 1. The van der Waals surface area contributed by atoms with Crippen LogP contribution >= 0.6 is 23.4 Å². The van der Waals surface area contributed by atoms with Gasteiger partial charge in [-0.15, -0.1) is 11.8 Å². The highest BCUT2D eigenvalue weighted by atomic mass is 35.5. The molecule has 0 spiro atoms. The number of morpholine rings is 1. The molecular weight excluding hydrogens is 1230 g/mol. The lowest BCUT2D eigenvalue weighted by Gasteiger charge is -2.50. The van der Waals surface area contributed by atoms with E-state index in [1.165, 1.54) is 40.6 Å². The SMILES string of the molecule is CC(=O)OC[C@H]1O[C@@H](N(c2ccc(S(=O)(=O)NC(=O)c3ccc(N4CCN(CC5=C(c6ccc(Cl)cc6)CCC(C)(C)C5)CC4)cc3)cc2S(=O)(=O)C(F)(F)F)[C@H](CCN2CCOCC2)CSc2ccccc2)[C@H](OC(C)=O)[C@@H](OC(C)=O)[C@H]1OC(C)=O. The molecule has 3 heterocycles. The van der Waals surface area contributed by atoms with Gasteiger partial charge in [-0.05, 0) is 109 Å². The fourth-order valence-electron chi connectivity index (χ4n) is 11.4. The van der Waals surface area contributed by atoms with Gasteiger partial charge in [0.1, 0.15) is 17.6 Å². The predicted octanol–water partition coefficient (Wildman–Crippen LogP) is 8.31. The van der Waals surface area contributed by atoms with Crippen LogP contribution in [-0.4, -0.2) is 177 Å². The van der Waals surface area contributed by atoms with Gasteiger partial charge in [-0.2, -0.15) is 13.2 Å². The van der Waals surface area contributed by atoms with Crippen LogP contribution in [0.1, 0.15) is 83.1 Å². The maximum Gasteiger partial charge on any atom is 0.501 e. The third-order valence-corrected chi connectivity index (χ3v) is 19.9. The van der Waals surface area contributed by atoms with Crippen LogP contribution in [0.3, 0.4) is 0 Å². The molecule has 88 heavy (non-hydrogen) atoms. The number of rotatable bonds is 22. The van der Waals surface area contributed by atoms with Crippen molar-refractivity contribution in [1.82, 2.24) is 14.5 Å². The number of sulfonamides is 1. The van der Waals surface area contributed by atoms with Crippen LogP contribution < -0.4 is 14.5 Å². The number of ether oxygens (including phenoxy) is 6. The number of carbonyl (C=O) groups is 5. The Morgan fingerprint density at radius 2 is 1.40 bits per heavy atom. The number of nitrogens with one attached hydrogen (secondary N) is 1. The predicted molar refractivity (Wildman–Crippen MR) is 323 cm³/mol. The molecule has 4 aliphatic rings. The Bertz CT molecular complexity index is 3400. The van der Waals surface area contributed by atoms with Crippen LogP contribution in [0, 0.1) is 5.41 Å². The van der Waals surface area contributed by atoms with Crippen molar-refractivity contribution in [1.29, 1.82) is 0 Å². The average molecular weight is 1300 g/mol. The molecule has 20 nitrogen and oxygen atoms in total. The first kappa shape index (κ1) is 67.7. The summed E-state index contributed by atoms with van der Waals surface area (Å²) in [7, 11) is -11.8. The van der Waals surface area contributed by atoms with Crippen LogP contribution in [0.4, 0.5) is 24.5 Å². The third kappa shape index (κ3) is 17.4. The van der Waals surface area contributed by atoms with Crippen molar-refractivity contribution in [2.75, 3.05) is 87.7 Å². The minimum atomic E-state index is -6.63. The zero-order chi connectivity index (χ0) is 63.7. The largest absolute Gasteiger partial charge is 0.501 e. The average Bonchev–Trinajstić information content (AvgIpc) is 1.30. The van der Waals surface area contributed by atoms with Gasteiger partial charge in [0, 0.05) is 113 Å². The number of carbonyl (C=O) groups excluding carboxylic acids is 5. The van der Waals surface area contributed by atoms with Crippen molar-refractivity contribution >= 4 is 90.0 Å². The Kier molecular flexibility index (Phi) is 22.4. The van der Waals surface area contributed by atoms with E-state index >= 15 is 13.2 Å². The molecule has 1 aliphatic carbocycles. The Morgan fingerprint density at radius 1 is 0.773 bits per heavy atom. The molecule has 4 aromatic carbocycles. The van der Waals surface area contributed by atoms with E-state index in [2.05, 4.69) is 35.8 Å². The molecule has 3 fully saturated rings. The van der Waals surface area contributed by atoms with Gasteiger partial charge < -0.3 is 38.2 Å². The molecule has 478 valence electrons. The zero-order valence-electron chi connectivity index (χ0n) is 49.7. The first-order chi connectivity index (χ1) is 41.6. The molecule has 0 unspecified atom stereocenters. The van der Waals surface area contributed by atoms with E-state index in [1.54, 1.807) is 42.5 Å². The summed E-state index contributed by atoms with van der Waals surface area (Å²) in [6.07, 6.45) is -6.25. The molecule has 0 saturated carbocycles. The number of thioether (sulfide) groups is 1. The molecule has 8 rings (SSSR count). The van der Waals surface area contributed by atoms with Crippen LogP contribution in [0.5, 0.6) is 0 Å². The van der Waals surface area contributed by atoms with Crippen molar-refractivity contribution in [3.63, 3.8) is 0 Å². The molecule has 27 heteroatoms. The standard InChI is InChI=1S/C61H73ClF3N5O15S3/c1-39(71)81-37-53-55(82-40(2)72)56(83-41(3)73)57(84-42(4)74)59(85-53)70(48(23-25-67-30-32-80-33-31-67)38-86-49-10-8-7-9-11-49)52-21-20-50(34-54(52)87(76,77)61(63,64)65)88(78,79)66-58(75)44-14-18-47(19-15-44)69-28-26-68(27-29-69)36-45-35-60(5,6)24-22-51(45)43-12-16-46(62)17-13-43/h7-21,34,48,53,55-57,59H,22-33,35-38H2,1-6H3,(H,66,75)/t48-,53-,55+,56+,57-,59-/m1/s1. The quantitative estimate of drug-likeness (QED) is 0.0442. The van der Waals surface area contributed by atoms with Crippen LogP contribution in [-0.2, 0) is 67.5 Å². The topological polar surface area (TPSA) is 234 Å². The van der Waals surface area contributed by atoms with Gasteiger partial charge in [0.25, 0.3) is 25.8 Å². The van der Waals surface area contributed by atoms with Gasteiger partial charge in [0.05, 0.1) is 23.8 Å². The zero-order valence-corrected chi connectivity index (χ0v) is 52.9. The smallest absolute Gasteiger partial charge is 0.463 e. The fraction of sp³-hybridized carbons (Fsp3) is 0.492. The van der Waals surface area contributed by atoms with Crippen molar-refractivity contribution in [2.45, 2.75) is 124 Å². The van der Waals surface area contributed by atoms with Crippen molar-refractivity contribution in [3.8, 4) is 0 Å². The second-order valence-electron chi connectivity index (χ2n) is 22.8. The fourth-order valence-corrected chi connectivity index (χ4v) is 14.7. The molecule has 3 saturated heterocycles. The molecule has 3 aliphatic heterocycles. The summed E-state index contributed by atoms with van der Waals surface area (Å²) in [4.78, 5) is 70.8. The minimum absolute atomic E-state index is 0.00698. The number of benzene rings is 4. The summed E-state index contributed by atoms with van der Waals surface area (Å²) >= 11 is 7.42. The molecule has 1 N–H and O–H groups in total. The lowest BCUT2D eigenvalue weighted by atomic mass is 9.73. The maximum absolute atomic E-state index is 15.4. The normalized spacial score (nSPS) is 21.6. The number of nitrogens with zero attached hydrogens (tertiary/aromatic N) is 4. The number of alkyl halides is 3. The summed E-state index contributed by atoms with van der Waals surface area (Å²) in [5.41, 5.74) is -2.25. The van der Waals surface area contributed by atoms with E-state index < -0.39 is 114 Å². The van der Waals surface area contributed by atoms with Gasteiger partial charge in [-0.3, -0.25) is 33.8 Å². The first-order valence-corrected chi connectivity index (χ1v) is 33.1. The summed E-state index contributed by atoms with van der Waals surface area (Å²) in [5.74, 6) is -5.19. The van der Waals surface area contributed by atoms with E-state index in [1.807, 2.05) is 21.8 Å². The summed E-state index contributed by atoms with van der Waals surface area (Å²) in [5, 5.41) is 0.678. The lowest BCUT2D eigenvalue weighted by Crippen LogP contribution is -2.68. The van der Waals surface area contributed by atoms with E-state index in [-0.39, 0.29) is 35.8 Å². The number of amides is 1. The summed E-state index contributed by atoms with van der Waals surface area (Å²) in [6, 6.07) is 23.5. The van der Waals surface area contributed by atoms with Crippen LogP contribution in [0.15, 0.2) is 117 Å². The molecule has 0 bridgehead atoms. The third-order valence-electron chi connectivity index (χ3n) is 15.7. The van der Waals surface area contributed by atoms with Gasteiger partial charge >= 0.3 is 29.4 Å². The minimum Gasteiger partial charge on any atom is -0.463 e. The molecule has 4 aromatic rings. The molecule has 6 atom stereocenters. The Morgan fingerprint density at radius 3 is 2.01 bits per heavy atom. The van der Waals surface area contributed by atoms with Crippen molar-refractivity contribution in [2.24, 2.45) is 5.41 Å². The van der Waals surface area contributed by atoms with Crippen molar-refractivity contribution in [3.05, 3.63) is 119 Å². The number of allylic oxidation sites excluding steroid dienone is 1. The highest BCUT2D eigenvalue weighted by molar-refractivity contribution is 7.99. The van der Waals surface area contributed by atoms with E-state index in [0.717, 1.165) is 89.3 Å². The number of halogens is 4. The van der Waals surface area contributed by atoms with Crippen LogP contribution in [0.2, 0.25) is 5.02 Å². The van der Waals surface area contributed by atoms with Gasteiger partial charge in [-0.1, -0.05) is 61.4 Å². The molecular formula is C61H73ClF3N5O15S3. The second kappa shape index (κ2) is 29.1. The highest BCUT2D eigenvalue weighted by Crippen LogP contribution is 2.45. The van der Waals surface area contributed by atoms with E-state index in [9.17, 15) is 40.8 Å². The molecule has 0 radical (unpaired) electrons. The monoisotopic (exact) mass is 1300 g/mol. The molecule has 1 amide bonds. The summed E-state index contributed by atoms with van der Waals surface area (Å²) < 4.78 is 140. The van der Waals surface area contributed by atoms with Gasteiger partial charge in [0.15, 0.2) is 24.5 Å². The Hall–Kier alpha value is -6.26. The first-order valence-electron chi connectivity index (χ1n) is 28.7. The maximum atomic E-state index is 15.4. The number of esters is 4. The summed E-state index contributed by atoms with van der Waals surface area (Å²) in [6.45, 7) is 13.1. The molecule has 0 aromatic heterocycles. The number of anilines is 2. The Labute approximate surface area is 520 Å². The number of sulfone groups is 1. The van der Waals surface area contributed by atoms with Crippen molar-refractivity contribution < 1.29 is 82.4 Å².